The molecule has 0 radical (unpaired) electrons. The summed E-state index contributed by atoms with van der Waals surface area (Å²) in [5.74, 6) is -1.39. The predicted octanol–water partition coefficient (Wildman–Crippen LogP) is 2.61. The van der Waals surface area contributed by atoms with Crippen LogP contribution in [0.25, 0.3) is 16.6 Å². The molecule has 0 spiro atoms. The quantitative estimate of drug-likeness (QED) is 0.699. The molecule has 2 heterocycles. The highest BCUT2D eigenvalue weighted by atomic mass is 35.5. The molecule has 0 bridgehead atoms. The van der Waals surface area contributed by atoms with Gasteiger partial charge in [0, 0.05) is 37.3 Å². The van der Waals surface area contributed by atoms with Crippen molar-refractivity contribution >= 4 is 38.2 Å². The van der Waals surface area contributed by atoms with Crippen molar-refractivity contribution in [1.29, 1.82) is 0 Å². The van der Waals surface area contributed by atoms with Gasteiger partial charge in [0.25, 0.3) is 0 Å². The van der Waals surface area contributed by atoms with E-state index < -0.39 is 21.6 Å². The van der Waals surface area contributed by atoms with Crippen molar-refractivity contribution in [1.82, 2.24) is 14.1 Å². The minimum atomic E-state index is -3.16. The number of anilines is 1. The number of hydrogen-bond donors (Lipinski definition) is 1. The highest BCUT2D eigenvalue weighted by Gasteiger charge is 2.23. The van der Waals surface area contributed by atoms with Crippen molar-refractivity contribution in [2.24, 2.45) is 0 Å². The Bertz CT molecular complexity index is 1140. The molecule has 0 aliphatic carbocycles. The Hall–Kier alpha value is -2.36. The van der Waals surface area contributed by atoms with Crippen LogP contribution in [0.2, 0.25) is 5.02 Å². The van der Waals surface area contributed by atoms with E-state index in [1.807, 2.05) is 24.3 Å². The molecule has 1 fully saturated rings. The molecular formula is C18H18ClFN4O3S. The third-order valence-electron chi connectivity index (χ3n) is 4.89. The van der Waals surface area contributed by atoms with Gasteiger partial charge in [-0.05, 0) is 30.3 Å². The Morgan fingerprint density at radius 3 is 2.32 bits per heavy atom. The highest BCUT2D eigenvalue weighted by Crippen LogP contribution is 2.35. The molecule has 4 rings (SSSR count). The van der Waals surface area contributed by atoms with Gasteiger partial charge in [-0.1, -0.05) is 11.6 Å². The van der Waals surface area contributed by atoms with E-state index in [1.54, 1.807) is 4.68 Å². The fourth-order valence-electron chi connectivity index (χ4n) is 3.39. The number of sulfonamides is 1. The lowest BCUT2D eigenvalue weighted by molar-refractivity contribution is 0.388. The Morgan fingerprint density at radius 1 is 1.11 bits per heavy atom. The summed E-state index contributed by atoms with van der Waals surface area (Å²) in [6.45, 7) is 2.11. The second-order valence-corrected chi connectivity index (χ2v) is 9.04. The van der Waals surface area contributed by atoms with E-state index in [9.17, 15) is 17.9 Å². The molecular weight excluding hydrogens is 407 g/mol. The van der Waals surface area contributed by atoms with Crippen LogP contribution in [-0.2, 0) is 10.0 Å². The molecule has 10 heteroatoms. The van der Waals surface area contributed by atoms with Crippen LogP contribution in [0.3, 0.4) is 0 Å². The van der Waals surface area contributed by atoms with Gasteiger partial charge in [-0.15, -0.1) is 0 Å². The molecule has 1 aromatic heterocycles. The molecule has 28 heavy (non-hydrogen) atoms. The number of aromatic nitrogens is 2. The van der Waals surface area contributed by atoms with Crippen LogP contribution in [-0.4, -0.2) is 60.0 Å². The standard InChI is InChI=1S/C18H18ClFN4O3S/c1-28(26,27)23-8-6-22(7-9-23)13-2-4-14(5-3-13)24-17-12(11-21-24)10-15(20)18(25)16(17)19/h2-5,10-11,25H,6-9H2,1H3. The fraction of sp³-hybridized carbons (Fsp3) is 0.278. The number of phenols is 1. The molecule has 1 saturated heterocycles. The van der Waals surface area contributed by atoms with Crippen molar-refractivity contribution in [3.63, 3.8) is 0 Å². The van der Waals surface area contributed by atoms with Crippen molar-refractivity contribution in [3.05, 3.63) is 47.4 Å². The van der Waals surface area contributed by atoms with Gasteiger partial charge < -0.3 is 10.0 Å². The number of fused-ring (bicyclic) bond motifs is 1. The van der Waals surface area contributed by atoms with Gasteiger partial charge in [0.15, 0.2) is 11.6 Å². The summed E-state index contributed by atoms with van der Waals surface area (Å²) in [5, 5.41) is 14.4. The van der Waals surface area contributed by atoms with E-state index in [-0.39, 0.29) is 5.02 Å². The smallest absolute Gasteiger partial charge is 0.211 e. The van der Waals surface area contributed by atoms with Gasteiger partial charge in [0.2, 0.25) is 10.0 Å². The maximum Gasteiger partial charge on any atom is 0.211 e. The topological polar surface area (TPSA) is 78.7 Å². The number of hydrogen-bond acceptors (Lipinski definition) is 5. The molecule has 0 amide bonds. The Balaban J connectivity index is 1.60. The largest absolute Gasteiger partial charge is 0.504 e. The monoisotopic (exact) mass is 424 g/mol. The third kappa shape index (κ3) is 3.30. The van der Waals surface area contributed by atoms with Crippen LogP contribution < -0.4 is 4.90 Å². The molecule has 1 aliphatic rings. The molecule has 0 atom stereocenters. The van der Waals surface area contributed by atoms with Crippen molar-refractivity contribution in [2.75, 3.05) is 37.3 Å². The first kappa shape index (κ1) is 19.0. The Morgan fingerprint density at radius 2 is 1.71 bits per heavy atom. The summed E-state index contributed by atoms with van der Waals surface area (Å²) in [6.07, 6.45) is 2.71. The summed E-state index contributed by atoms with van der Waals surface area (Å²) in [4.78, 5) is 2.11. The summed E-state index contributed by atoms with van der Waals surface area (Å²) >= 11 is 6.12. The molecule has 2 aromatic carbocycles. The molecule has 1 N–H and O–H groups in total. The summed E-state index contributed by atoms with van der Waals surface area (Å²) in [5.41, 5.74) is 2.10. The van der Waals surface area contributed by atoms with Crippen LogP contribution in [0.5, 0.6) is 5.75 Å². The maximum absolute atomic E-state index is 13.7. The zero-order valence-corrected chi connectivity index (χ0v) is 16.6. The normalized spacial score (nSPS) is 16.0. The van der Waals surface area contributed by atoms with Gasteiger partial charge in [-0.25, -0.2) is 17.5 Å². The van der Waals surface area contributed by atoms with E-state index >= 15 is 0 Å². The lowest BCUT2D eigenvalue weighted by Gasteiger charge is -2.34. The number of nitrogens with zero attached hydrogens (tertiary/aromatic N) is 4. The summed E-state index contributed by atoms with van der Waals surface area (Å²) < 4.78 is 39.9. The minimum Gasteiger partial charge on any atom is -0.504 e. The molecule has 148 valence electrons. The number of aromatic hydroxyl groups is 1. The second kappa shape index (κ2) is 6.91. The number of rotatable bonds is 3. The lowest BCUT2D eigenvalue weighted by atomic mass is 10.2. The van der Waals surface area contributed by atoms with E-state index in [0.29, 0.717) is 42.8 Å². The fourth-order valence-corrected chi connectivity index (χ4v) is 4.49. The summed E-state index contributed by atoms with van der Waals surface area (Å²) in [6, 6.07) is 8.71. The maximum atomic E-state index is 13.7. The number of benzene rings is 2. The van der Waals surface area contributed by atoms with E-state index in [1.165, 1.54) is 22.8 Å². The first-order chi connectivity index (χ1) is 13.3. The number of piperazine rings is 1. The minimum absolute atomic E-state index is 0.0894. The van der Waals surface area contributed by atoms with Crippen LogP contribution in [0, 0.1) is 5.82 Å². The molecule has 1 aliphatic heterocycles. The van der Waals surface area contributed by atoms with Gasteiger partial charge in [0.1, 0.15) is 5.02 Å². The van der Waals surface area contributed by atoms with Crippen LogP contribution in [0.1, 0.15) is 0 Å². The average molecular weight is 425 g/mol. The van der Waals surface area contributed by atoms with Gasteiger partial charge in [-0.3, -0.25) is 0 Å². The predicted molar refractivity (Wildman–Crippen MR) is 106 cm³/mol. The third-order valence-corrected chi connectivity index (χ3v) is 6.55. The number of halogens is 2. The highest BCUT2D eigenvalue weighted by molar-refractivity contribution is 7.88. The first-order valence-corrected chi connectivity index (χ1v) is 10.8. The first-order valence-electron chi connectivity index (χ1n) is 8.61. The van der Waals surface area contributed by atoms with E-state index in [0.717, 1.165) is 5.69 Å². The average Bonchev–Trinajstić information content (AvgIpc) is 3.09. The van der Waals surface area contributed by atoms with Gasteiger partial charge in [0.05, 0.1) is 23.7 Å². The van der Waals surface area contributed by atoms with E-state index in [2.05, 4.69) is 10.00 Å². The van der Waals surface area contributed by atoms with Crippen LogP contribution in [0.4, 0.5) is 10.1 Å². The number of phenolic OH excluding ortho intramolecular Hbond substituents is 1. The van der Waals surface area contributed by atoms with Crippen LogP contribution in [0.15, 0.2) is 36.5 Å². The summed E-state index contributed by atoms with van der Waals surface area (Å²) in [7, 11) is -3.16. The molecule has 3 aromatic rings. The van der Waals surface area contributed by atoms with Crippen LogP contribution >= 0.6 is 11.6 Å². The Labute approximate surface area is 166 Å². The van der Waals surface area contributed by atoms with Crippen molar-refractivity contribution in [2.45, 2.75) is 0 Å². The van der Waals surface area contributed by atoms with Gasteiger partial charge in [-0.2, -0.15) is 9.40 Å². The Kier molecular flexibility index (Phi) is 4.68. The van der Waals surface area contributed by atoms with Gasteiger partial charge >= 0.3 is 0 Å². The van der Waals surface area contributed by atoms with Crippen molar-refractivity contribution < 1.29 is 17.9 Å². The van der Waals surface area contributed by atoms with E-state index in [4.69, 9.17) is 11.6 Å². The molecule has 0 saturated carbocycles. The van der Waals surface area contributed by atoms with Crippen molar-refractivity contribution in [3.8, 4) is 11.4 Å². The SMILES string of the molecule is CS(=O)(=O)N1CCN(c2ccc(-n3ncc4cc(F)c(O)c(Cl)c43)cc2)CC1. The molecule has 7 nitrogen and oxygen atoms in total. The second-order valence-electron chi connectivity index (χ2n) is 6.68. The molecule has 0 unspecified atom stereocenters. The lowest BCUT2D eigenvalue weighted by Crippen LogP contribution is -2.48. The zero-order chi connectivity index (χ0) is 20.1. The zero-order valence-electron chi connectivity index (χ0n) is 15.0.